The lowest BCUT2D eigenvalue weighted by Crippen LogP contribution is -2.50. The average molecular weight is 431 g/mol. The summed E-state index contributed by atoms with van der Waals surface area (Å²) >= 11 is 6.92. The molecule has 3 heterocycles. The lowest BCUT2D eigenvalue weighted by Gasteiger charge is -2.35. The van der Waals surface area contributed by atoms with Crippen LogP contribution in [-0.4, -0.2) is 62.4 Å². The molecule has 1 aromatic rings. The third kappa shape index (κ3) is 4.66. The van der Waals surface area contributed by atoms with Crippen molar-refractivity contribution < 1.29 is 17.9 Å². The molecular formula is C18H23ClN2O4S2. The Morgan fingerprint density at radius 2 is 2.04 bits per heavy atom. The highest BCUT2D eigenvalue weighted by atomic mass is 35.5. The van der Waals surface area contributed by atoms with Crippen LogP contribution < -0.4 is 0 Å². The van der Waals surface area contributed by atoms with E-state index in [1.165, 1.54) is 10.4 Å². The van der Waals surface area contributed by atoms with Crippen LogP contribution in [-0.2, 0) is 19.6 Å². The van der Waals surface area contributed by atoms with Crippen LogP contribution >= 0.6 is 22.9 Å². The Bertz CT molecular complexity index is 810. The maximum absolute atomic E-state index is 13.0. The molecule has 1 unspecified atom stereocenters. The van der Waals surface area contributed by atoms with Gasteiger partial charge in [-0.15, -0.1) is 17.8 Å². The van der Waals surface area contributed by atoms with E-state index in [-0.39, 0.29) is 10.1 Å². The number of halogens is 1. The molecule has 2 aliphatic rings. The average Bonchev–Trinajstić information content (AvgIpc) is 3.32. The van der Waals surface area contributed by atoms with Gasteiger partial charge in [0.25, 0.3) is 10.0 Å². The molecule has 0 bridgehead atoms. The highest BCUT2D eigenvalue weighted by Gasteiger charge is 2.42. The molecule has 3 rings (SSSR count). The zero-order valence-electron chi connectivity index (χ0n) is 15.0. The van der Waals surface area contributed by atoms with Crippen LogP contribution in [0.5, 0.6) is 0 Å². The van der Waals surface area contributed by atoms with Gasteiger partial charge in [0.2, 0.25) is 5.91 Å². The number of piperidine rings is 1. The maximum Gasteiger partial charge on any atom is 0.253 e. The number of nitrogens with zero attached hydrogens (tertiary/aromatic N) is 2. The van der Waals surface area contributed by atoms with Crippen molar-refractivity contribution in [1.82, 2.24) is 9.21 Å². The topological polar surface area (TPSA) is 66.9 Å². The van der Waals surface area contributed by atoms with Crippen LogP contribution in [0.25, 0.3) is 0 Å². The van der Waals surface area contributed by atoms with Gasteiger partial charge in [0.05, 0.1) is 10.9 Å². The predicted molar refractivity (Wildman–Crippen MR) is 105 cm³/mol. The van der Waals surface area contributed by atoms with E-state index in [1.54, 1.807) is 11.0 Å². The molecule has 1 aromatic heterocycles. The molecule has 0 aliphatic carbocycles. The summed E-state index contributed by atoms with van der Waals surface area (Å²) in [5, 5.41) is 0. The van der Waals surface area contributed by atoms with Gasteiger partial charge < -0.3 is 9.64 Å². The summed E-state index contributed by atoms with van der Waals surface area (Å²) in [5.74, 6) is 2.74. The molecule has 0 spiro atoms. The minimum Gasteiger partial charge on any atom is -0.369 e. The Kier molecular flexibility index (Phi) is 6.82. The lowest BCUT2D eigenvalue weighted by molar-refractivity contribution is -0.136. The fourth-order valence-corrected chi connectivity index (χ4v) is 6.90. The number of rotatable bonds is 6. The molecule has 1 atom stereocenters. The number of amides is 1. The Balaban J connectivity index is 1.62. The third-order valence-corrected chi connectivity index (χ3v) is 8.67. The summed E-state index contributed by atoms with van der Waals surface area (Å²) in [6, 6.07) is 2.45. The van der Waals surface area contributed by atoms with Gasteiger partial charge in [-0.3, -0.25) is 4.79 Å². The second-order valence-corrected chi connectivity index (χ2v) is 10.7. The van der Waals surface area contributed by atoms with Gasteiger partial charge in [0, 0.05) is 19.6 Å². The minimum atomic E-state index is -3.70. The monoisotopic (exact) mass is 430 g/mol. The van der Waals surface area contributed by atoms with Gasteiger partial charge in [0.15, 0.2) is 0 Å². The molecule has 148 valence electrons. The Labute approximate surface area is 169 Å². The molecule has 2 saturated heterocycles. The Hall–Kier alpha value is -1.11. The molecule has 6 nitrogen and oxygen atoms in total. The molecule has 0 radical (unpaired) electrons. The fourth-order valence-electron chi connectivity index (χ4n) is 3.64. The molecule has 27 heavy (non-hydrogen) atoms. The highest BCUT2D eigenvalue weighted by molar-refractivity contribution is 7.91. The molecular weight excluding hydrogens is 408 g/mol. The number of hydrogen-bond donors (Lipinski definition) is 0. The second kappa shape index (κ2) is 8.93. The standard InChI is InChI=1S/C18H23ClN2O4S2/c1-2-12-25-13-14-7-10-20(11-8-14)18(22)15-4-3-9-21(15)27(23,24)17-6-5-16(19)26-17/h1,5-6,14-15H,3-4,7-13H2. The van der Waals surface area contributed by atoms with Gasteiger partial charge in [-0.1, -0.05) is 17.5 Å². The first-order valence-corrected chi connectivity index (χ1v) is 11.6. The van der Waals surface area contributed by atoms with Crippen LogP contribution in [0.2, 0.25) is 4.34 Å². The van der Waals surface area contributed by atoms with Gasteiger partial charge in [-0.05, 0) is 43.7 Å². The summed E-state index contributed by atoms with van der Waals surface area (Å²) in [7, 11) is -3.70. The van der Waals surface area contributed by atoms with E-state index in [0.29, 0.717) is 55.9 Å². The van der Waals surface area contributed by atoms with Gasteiger partial charge >= 0.3 is 0 Å². The number of carbonyl (C=O) groups excluding carboxylic acids is 1. The second-order valence-electron chi connectivity index (χ2n) is 6.82. The first kappa shape index (κ1) is 20.6. The van der Waals surface area contributed by atoms with Crippen molar-refractivity contribution in [2.75, 3.05) is 32.8 Å². The molecule has 2 fully saturated rings. The van der Waals surface area contributed by atoms with Crippen molar-refractivity contribution in [3.8, 4) is 12.3 Å². The molecule has 0 saturated carbocycles. The summed E-state index contributed by atoms with van der Waals surface area (Å²) in [4.78, 5) is 14.8. The summed E-state index contributed by atoms with van der Waals surface area (Å²) in [6.45, 7) is 2.52. The Morgan fingerprint density at radius 3 is 2.67 bits per heavy atom. The number of terminal acetylenes is 1. The Morgan fingerprint density at radius 1 is 1.30 bits per heavy atom. The number of hydrogen-bond acceptors (Lipinski definition) is 5. The summed E-state index contributed by atoms with van der Waals surface area (Å²) in [6.07, 6.45) is 8.11. The predicted octanol–water partition coefficient (Wildman–Crippen LogP) is 2.44. The van der Waals surface area contributed by atoms with E-state index in [0.717, 1.165) is 24.2 Å². The first-order chi connectivity index (χ1) is 12.9. The molecule has 1 amide bonds. The van der Waals surface area contributed by atoms with Gasteiger partial charge in [-0.2, -0.15) is 4.31 Å². The van der Waals surface area contributed by atoms with Crippen molar-refractivity contribution in [3.05, 3.63) is 16.5 Å². The van der Waals surface area contributed by atoms with Crippen molar-refractivity contribution in [2.45, 2.75) is 35.9 Å². The molecule has 0 aromatic carbocycles. The van der Waals surface area contributed by atoms with E-state index in [1.807, 2.05) is 0 Å². The zero-order chi connectivity index (χ0) is 19.4. The van der Waals surface area contributed by atoms with Gasteiger partial charge in [0.1, 0.15) is 16.9 Å². The molecule has 9 heteroatoms. The van der Waals surface area contributed by atoms with Crippen LogP contribution in [0.3, 0.4) is 0 Å². The maximum atomic E-state index is 13.0. The lowest BCUT2D eigenvalue weighted by atomic mass is 9.97. The number of thiophene rings is 1. The largest absolute Gasteiger partial charge is 0.369 e. The van der Waals surface area contributed by atoms with Crippen molar-refractivity contribution in [3.63, 3.8) is 0 Å². The van der Waals surface area contributed by atoms with E-state index < -0.39 is 16.1 Å². The third-order valence-electron chi connectivity index (χ3n) is 5.07. The number of likely N-dealkylation sites (tertiary alicyclic amines) is 1. The molecule has 0 N–H and O–H groups in total. The van der Waals surface area contributed by atoms with Crippen molar-refractivity contribution in [2.24, 2.45) is 5.92 Å². The van der Waals surface area contributed by atoms with E-state index in [9.17, 15) is 13.2 Å². The van der Waals surface area contributed by atoms with Gasteiger partial charge in [-0.25, -0.2) is 8.42 Å². The quantitative estimate of drug-likeness (QED) is 0.513. The minimum absolute atomic E-state index is 0.0956. The number of ether oxygens (including phenoxy) is 1. The smallest absolute Gasteiger partial charge is 0.253 e. The zero-order valence-corrected chi connectivity index (χ0v) is 17.4. The van der Waals surface area contributed by atoms with Crippen LogP contribution in [0.4, 0.5) is 0 Å². The normalized spacial score (nSPS) is 22.1. The summed E-state index contributed by atoms with van der Waals surface area (Å²) in [5.41, 5.74) is 0. The van der Waals surface area contributed by atoms with Crippen molar-refractivity contribution >= 4 is 38.9 Å². The summed E-state index contributed by atoms with van der Waals surface area (Å²) < 4.78 is 33.2. The van der Waals surface area contributed by atoms with E-state index in [4.69, 9.17) is 22.8 Å². The van der Waals surface area contributed by atoms with Crippen molar-refractivity contribution in [1.29, 1.82) is 0 Å². The first-order valence-electron chi connectivity index (χ1n) is 9.00. The van der Waals surface area contributed by atoms with Crippen LogP contribution in [0.1, 0.15) is 25.7 Å². The van der Waals surface area contributed by atoms with E-state index in [2.05, 4.69) is 5.92 Å². The number of sulfonamides is 1. The number of carbonyl (C=O) groups is 1. The van der Waals surface area contributed by atoms with E-state index >= 15 is 0 Å². The fraction of sp³-hybridized carbons (Fsp3) is 0.611. The molecule has 2 aliphatic heterocycles. The SMILES string of the molecule is C#CCOCC1CCN(C(=O)C2CCCN2S(=O)(=O)c2ccc(Cl)s2)CC1. The highest BCUT2D eigenvalue weighted by Crippen LogP contribution is 2.33. The van der Waals surface area contributed by atoms with Crippen LogP contribution in [0.15, 0.2) is 16.3 Å². The van der Waals surface area contributed by atoms with Crippen LogP contribution in [0, 0.1) is 18.3 Å².